The summed E-state index contributed by atoms with van der Waals surface area (Å²) in [5, 5.41) is 4.10. The van der Waals surface area contributed by atoms with Crippen molar-refractivity contribution in [3.63, 3.8) is 0 Å². The van der Waals surface area contributed by atoms with E-state index in [0.29, 0.717) is 17.2 Å². The Morgan fingerprint density at radius 1 is 0.909 bits per heavy atom. The fraction of sp³-hybridized carbons (Fsp3) is 0.217. The topological polar surface area (TPSA) is 70.1 Å². The molecule has 0 radical (unpaired) electrons. The van der Waals surface area contributed by atoms with Crippen LogP contribution in [-0.4, -0.2) is 53.2 Å². The van der Waals surface area contributed by atoms with Gasteiger partial charge in [0.25, 0.3) is 0 Å². The lowest BCUT2D eigenvalue weighted by atomic mass is 10.1. The van der Waals surface area contributed by atoms with Crippen LogP contribution in [0.15, 0.2) is 61.1 Å². The van der Waals surface area contributed by atoms with Crippen LogP contribution in [0.4, 0.5) is 21.6 Å². The largest absolute Gasteiger partial charge is 0.373 e. The molecule has 5 rings (SSSR count). The van der Waals surface area contributed by atoms with E-state index in [1.807, 2.05) is 25.2 Å². The van der Waals surface area contributed by atoms with Gasteiger partial charge in [-0.1, -0.05) is 12.1 Å². The van der Waals surface area contributed by atoms with Crippen LogP contribution in [0, 0.1) is 5.82 Å². The highest BCUT2D eigenvalue weighted by atomic mass is 35.5. The lowest BCUT2D eigenvalue weighted by molar-refractivity contribution is 0.598. The summed E-state index contributed by atoms with van der Waals surface area (Å²) in [6, 6.07) is 13.2. The smallest absolute Gasteiger partial charge is 0.182 e. The maximum atomic E-state index is 14.1. The number of aromatic nitrogens is 4. The van der Waals surface area contributed by atoms with Crippen molar-refractivity contribution in [1.29, 1.82) is 0 Å². The van der Waals surface area contributed by atoms with Crippen LogP contribution in [-0.2, 0) is 0 Å². The zero-order valence-corrected chi connectivity index (χ0v) is 19.6. The van der Waals surface area contributed by atoms with Gasteiger partial charge in [0, 0.05) is 56.7 Å². The Kier molecular flexibility index (Phi) is 7.84. The molecule has 1 aliphatic heterocycles. The maximum absolute atomic E-state index is 14.1. The van der Waals surface area contributed by atoms with E-state index in [1.165, 1.54) is 6.07 Å². The van der Waals surface area contributed by atoms with Gasteiger partial charge < -0.3 is 15.1 Å². The van der Waals surface area contributed by atoms with Crippen LogP contribution in [0.5, 0.6) is 0 Å². The standard InChI is InChI=1S/C23H22FN7.2ClH/c1-25-22-17-7-6-16(14-19(17)28-23(29-22)20-15-26-8-9-27-20)30-10-12-31(13-11-30)21-5-3-2-4-18(21)24;;/h2-9,14-15H,10-13H2,1H3,(H,25,28,29);2*1H. The second-order valence-electron chi connectivity index (χ2n) is 7.36. The van der Waals surface area contributed by atoms with Gasteiger partial charge in [0.05, 0.1) is 17.4 Å². The van der Waals surface area contributed by atoms with Crippen molar-refractivity contribution < 1.29 is 4.39 Å². The molecule has 1 fully saturated rings. The molecule has 1 saturated heterocycles. The van der Waals surface area contributed by atoms with E-state index in [1.54, 1.807) is 24.7 Å². The first-order valence-corrected chi connectivity index (χ1v) is 10.2. The van der Waals surface area contributed by atoms with Gasteiger partial charge in [-0.05, 0) is 30.3 Å². The molecular weight excluding hydrogens is 464 g/mol. The van der Waals surface area contributed by atoms with E-state index < -0.39 is 0 Å². The number of fused-ring (bicyclic) bond motifs is 1. The van der Waals surface area contributed by atoms with Crippen molar-refractivity contribution in [2.45, 2.75) is 0 Å². The van der Waals surface area contributed by atoms with Crippen LogP contribution >= 0.6 is 24.8 Å². The van der Waals surface area contributed by atoms with Gasteiger partial charge in [-0.3, -0.25) is 4.98 Å². The highest BCUT2D eigenvalue weighted by Gasteiger charge is 2.20. The molecule has 172 valence electrons. The number of hydrogen-bond donors (Lipinski definition) is 1. The highest BCUT2D eigenvalue weighted by molar-refractivity contribution is 5.92. The fourth-order valence-corrected chi connectivity index (χ4v) is 3.95. The zero-order chi connectivity index (χ0) is 21.2. The molecule has 4 aromatic rings. The van der Waals surface area contributed by atoms with Crippen LogP contribution in [0.25, 0.3) is 22.4 Å². The predicted molar refractivity (Wildman–Crippen MR) is 135 cm³/mol. The third-order valence-electron chi connectivity index (χ3n) is 5.55. The first-order valence-electron chi connectivity index (χ1n) is 10.2. The number of piperazine rings is 1. The summed E-state index contributed by atoms with van der Waals surface area (Å²) in [5.41, 5.74) is 3.23. The Morgan fingerprint density at radius 2 is 1.67 bits per heavy atom. The Labute approximate surface area is 203 Å². The molecule has 0 aliphatic carbocycles. The minimum atomic E-state index is -0.172. The number of nitrogens with zero attached hydrogens (tertiary/aromatic N) is 6. The normalized spacial score (nSPS) is 13.3. The van der Waals surface area contributed by atoms with Gasteiger partial charge in [0.2, 0.25) is 0 Å². The minimum Gasteiger partial charge on any atom is -0.373 e. The van der Waals surface area contributed by atoms with E-state index >= 15 is 0 Å². The van der Waals surface area contributed by atoms with Crippen LogP contribution in [0.2, 0.25) is 0 Å². The first kappa shape index (κ1) is 24.4. The third-order valence-corrected chi connectivity index (χ3v) is 5.55. The van der Waals surface area contributed by atoms with Gasteiger partial charge >= 0.3 is 0 Å². The van der Waals surface area contributed by atoms with Crippen LogP contribution < -0.4 is 15.1 Å². The summed E-state index contributed by atoms with van der Waals surface area (Å²) in [5.74, 6) is 1.11. The van der Waals surface area contributed by atoms with Crippen molar-refractivity contribution in [1.82, 2.24) is 19.9 Å². The summed E-state index contributed by atoms with van der Waals surface area (Å²) in [6.07, 6.45) is 4.92. The number of anilines is 3. The van der Waals surface area contributed by atoms with E-state index in [4.69, 9.17) is 4.98 Å². The van der Waals surface area contributed by atoms with Crippen molar-refractivity contribution in [2.75, 3.05) is 48.3 Å². The number of halogens is 3. The van der Waals surface area contributed by atoms with E-state index in [2.05, 4.69) is 42.2 Å². The van der Waals surface area contributed by atoms with E-state index in [-0.39, 0.29) is 30.6 Å². The minimum absolute atomic E-state index is 0. The molecule has 0 unspecified atom stereocenters. The van der Waals surface area contributed by atoms with Crippen molar-refractivity contribution in [2.24, 2.45) is 0 Å². The molecule has 0 amide bonds. The van der Waals surface area contributed by atoms with E-state index in [9.17, 15) is 4.39 Å². The average molecular weight is 488 g/mol. The Bertz CT molecular complexity index is 1220. The molecule has 33 heavy (non-hydrogen) atoms. The maximum Gasteiger partial charge on any atom is 0.182 e. The van der Waals surface area contributed by atoms with Gasteiger partial charge in [0.15, 0.2) is 5.82 Å². The van der Waals surface area contributed by atoms with E-state index in [0.717, 1.165) is 48.6 Å². The summed E-state index contributed by atoms with van der Waals surface area (Å²) >= 11 is 0. The highest BCUT2D eigenvalue weighted by Crippen LogP contribution is 2.29. The molecule has 0 saturated carbocycles. The molecule has 0 atom stereocenters. The molecular formula is C23H24Cl2FN7. The summed E-state index contributed by atoms with van der Waals surface area (Å²) in [6.45, 7) is 3.13. The number of nitrogens with one attached hydrogen (secondary N) is 1. The SMILES string of the molecule is CNc1nc(-c2cnccn2)nc2cc(N3CCN(c4ccccc4F)CC3)ccc12.Cl.Cl. The first-order chi connectivity index (χ1) is 15.2. The number of para-hydroxylation sites is 1. The average Bonchev–Trinajstić information content (AvgIpc) is 2.84. The number of hydrogen-bond acceptors (Lipinski definition) is 7. The van der Waals surface area contributed by atoms with Gasteiger partial charge in [-0.25, -0.2) is 19.3 Å². The fourth-order valence-electron chi connectivity index (χ4n) is 3.95. The predicted octanol–water partition coefficient (Wildman–Crippen LogP) is 4.44. The molecule has 1 aliphatic rings. The molecule has 3 heterocycles. The summed E-state index contributed by atoms with van der Waals surface area (Å²) < 4.78 is 14.1. The lowest BCUT2D eigenvalue weighted by Crippen LogP contribution is -2.46. The van der Waals surface area contributed by atoms with Crippen molar-refractivity contribution in [3.8, 4) is 11.5 Å². The van der Waals surface area contributed by atoms with Crippen LogP contribution in [0.1, 0.15) is 0 Å². The Hall–Kier alpha value is -3.23. The second-order valence-corrected chi connectivity index (χ2v) is 7.36. The van der Waals surface area contributed by atoms with Gasteiger partial charge in [-0.15, -0.1) is 24.8 Å². The van der Waals surface area contributed by atoms with Crippen LogP contribution in [0.3, 0.4) is 0 Å². The molecule has 2 aromatic carbocycles. The molecule has 0 spiro atoms. The third kappa shape index (κ3) is 4.91. The summed E-state index contributed by atoms with van der Waals surface area (Å²) in [7, 11) is 1.85. The van der Waals surface area contributed by atoms with Crippen molar-refractivity contribution in [3.05, 3.63) is 66.9 Å². The molecule has 0 bridgehead atoms. The molecule has 10 heteroatoms. The lowest BCUT2D eigenvalue weighted by Gasteiger charge is -2.37. The molecule has 7 nitrogen and oxygen atoms in total. The number of benzene rings is 2. The van der Waals surface area contributed by atoms with Crippen molar-refractivity contribution >= 4 is 52.9 Å². The summed E-state index contributed by atoms with van der Waals surface area (Å²) in [4.78, 5) is 22.2. The molecule has 2 aromatic heterocycles. The quantitative estimate of drug-likeness (QED) is 0.456. The van der Waals surface area contributed by atoms with Gasteiger partial charge in [0.1, 0.15) is 17.3 Å². The Balaban J connectivity index is 0.00000153. The monoisotopic (exact) mass is 487 g/mol. The second kappa shape index (κ2) is 10.6. The Morgan fingerprint density at radius 3 is 2.36 bits per heavy atom. The molecule has 1 N–H and O–H groups in total. The number of rotatable bonds is 4. The van der Waals surface area contributed by atoms with Gasteiger partial charge in [-0.2, -0.15) is 0 Å². The zero-order valence-electron chi connectivity index (χ0n) is 18.0.